The molecule has 0 bridgehead atoms. The largest absolute Gasteiger partial charge is 0.368 e. The van der Waals surface area contributed by atoms with Crippen molar-refractivity contribution in [2.24, 2.45) is 0 Å². The van der Waals surface area contributed by atoms with Gasteiger partial charge in [-0.05, 0) is 42.5 Å². The average Bonchev–Trinajstić information content (AvgIpc) is 2.75. The molecule has 0 amide bonds. The third-order valence-electron chi connectivity index (χ3n) is 4.85. The summed E-state index contributed by atoms with van der Waals surface area (Å²) < 4.78 is 0. The summed E-state index contributed by atoms with van der Waals surface area (Å²) in [4.78, 5) is 23.8. The number of nitro groups is 1. The van der Waals surface area contributed by atoms with Gasteiger partial charge in [-0.25, -0.2) is 9.97 Å². The molecule has 1 saturated heterocycles. The van der Waals surface area contributed by atoms with Crippen molar-refractivity contribution in [3.63, 3.8) is 0 Å². The van der Waals surface area contributed by atoms with Crippen LogP contribution in [0.15, 0.2) is 54.9 Å². The first kappa shape index (κ1) is 20.2. The highest BCUT2D eigenvalue weighted by atomic mass is 35.5. The lowest BCUT2D eigenvalue weighted by atomic mass is 10.2. The van der Waals surface area contributed by atoms with Crippen molar-refractivity contribution in [3.05, 3.63) is 75.0 Å². The molecule has 1 N–H and O–H groups in total. The summed E-state index contributed by atoms with van der Waals surface area (Å²) in [5, 5.41) is 16.1. The SMILES string of the molecule is O=[N+]([O-])c1c(Nc2ccc(Cl)cc2)ncnc1N1CCN(c2cccc(Cl)c2)CC1. The van der Waals surface area contributed by atoms with Gasteiger partial charge in [0.15, 0.2) is 0 Å². The van der Waals surface area contributed by atoms with Crippen molar-refractivity contribution in [2.75, 3.05) is 41.3 Å². The van der Waals surface area contributed by atoms with Gasteiger partial charge in [0.2, 0.25) is 11.6 Å². The van der Waals surface area contributed by atoms with E-state index in [1.807, 2.05) is 29.2 Å². The van der Waals surface area contributed by atoms with Crippen molar-refractivity contribution in [1.29, 1.82) is 0 Å². The third kappa shape index (κ3) is 4.39. The zero-order valence-electron chi connectivity index (χ0n) is 15.8. The zero-order valence-corrected chi connectivity index (χ0v) is 17.3. The van der Waals surface area contributed by atoms with Crippen LogP contribution in [-0.2, 0) is 0 Å². The van der Waals surface area contributed by atoms with Gasteiger partial charge in [0, 0.05) is 47.6 Å². The van der Waals surface area contributed by atoms with Crippen LogP contribution in [0.25, 0.3) is 0 Å². The lowest BCUT2D eigenvalue weighted by molar-refractivity contribution is -0.383. The Morgan fingerprint density at radius 3 is 2.30 bits per heavy atom. The zero-order chi connectivity index (χ0) is 21.1. The van der Waals surface area contributed by atoms with E-state index in [1.54, 1.807) is 24.3 Å². The fourth-order valence-corrected chi connectivity index (χ4v) is 3.69. The maximum absolute atomic E-state index is 11.9. The van der Waals surface area contributed by atoms with E-state index in [2.05, 4.69) is 20.2 Å². The van der Waals surface area contributed by atoms with Gasteiger partial charge in [-0.15, -0.1) is 0 Å². The van der Waals surface area contributed by atoms with Crippen LogP contribution in [0.3, 0.4) is 0 Å². The van der Waals surface area contributed by atoms with E-state index in [0.29, 0.717) is 47.7 Å². The van der Waals surface area contributed by atoms with Gasteiger partial charge in [0.25, 0.3) is 0 Å². The molecule has 0 radical (unpaired) electrons. The Labute approximate surface area is 183 Å². The van der Waals surface area contributed by atoms with Gasteiger partial charge in [-0.3, -0.25) is 10.1 Å². The Kier molecular flexibility index (Phi) is 5.87. The molecular weight excluding hydrogens is 427 g/mol. The second kappa shape index (κ2) is 8.73. The van der Waals surface area contributed by atoms with Crippen molar-refractivity contribution in [3.8, 4) is 0 Å². The van der Waals surface area contributed by atoms with Crippen LogP contribution in [0.5, 0.6) is 0 Å². The molecule has 2 aromatic carbocycles. The molecule has 3 aromatic rings. The monoisotopic (exact) mass is 444 g/mol. The summed E-state index contributed by atoms with van der Waals surface area (Å²) in [6, 6.07) is 14.5. The van der Waals surface area contributed by atoms with Gasteiger partial charge in [0.1, 0.15) is 6.33 Å². The third-order valence-corrected chi connectivity index (χ3v) is 5.33. The maximum atomic E-state index is 11.9. The second-order valence-corrected chi connectivity index (χ2v) is 7.61. The Morgan fingerprint density at radius 2 is 1.63 bits per heavy atom. The van der Waals surface area contributed by atoms with Gasteiger partial charge in [-0.1, -0.05) is 29.3 Å². The molecular formula is C20H18Cl2N6O2. The van der Waals surface area contributed by atoms with E-state index in [0.717, 1.165) is 5.69 Å². The molecule has 0 aliphatic carbocycles. The van der Waals surface area contributed by atoms with Crippen LogP contribution >= 0.6 is 23.2 Å². The number of aromatic nitrogens is 2. The first-order valence-corrected chi connectivity index (χ1v) is 10.0. The van der Waals surface area contributed by atoms with Crippen LogP contribution in [0.1, 0.15) is 0 Å². The second-order valence-electron chi connectivity index (χ2n) is 6.74. The minimum Gasteiger partial charge on any atom is -0.368 e. The van der Waals surface area contributed by atoms with Crippen LogP contribution < -0.4 is 15.1 Å². The standard InChI is InChI=1S/C20H18Cl2N6O2/c21-14-4-6-16(7-5-14)25-19-18(28(29)30)20(24-13-23-19)27-10-8-26(9-11-27)17-3-1-2-15(22)12-17/h1-7,12-13H,8-11H2,(H,23,24,25). The van der Waals surface area contributed by atoms with Gasteiger partial charge in [-0.2, -0.15) is 0 Å². The topological polar surface area (TPSA) is 87.4 Å². The van der Waals surface area contributed by atoms with Crippen LogP contribution in [0, 0.1) is 10.1 Å². The molecule has 0 atom stereocenters. The number of anilines is 4. The number of halogens is 2. The number of nitrogens with one attached hydrogen (secondary N) is 1. The van der Waals surface area contributed by atoms with Crippen LogP contribution in [0.4, 0.5) is 28.7 Å². The van der Waals surface area contributed by atoms with Gasteiger partial charge < -0.3 is 15.1 Å². The summed E-state index contributed by atoms with van der Waals surface area (Å²) in [6.45, 7) is 2.57. The first-order valence-electron chi connectivity index (χ1n) is 9.29. The molecule has 0 saturated carbocycles. The molecule has 1 fully saturated rings. The van der Waals surface area contributed by atoms with Gasteiger partial charge in [0.05, 0.1) is 4.92 Å². The first-order chi connectivity index (χ1) is 14.5. The fraction of sp³-hybridized carbons (Fsp3) is 0.200. The Morgan fingerprint density at radius 1 is 0.933 bits per heavy atom. The van der Waals surface area contributed by atoms with Crippen molar-refractivity contribution < 1.29 is 4.92 Å². The number of hydrogen-bond donors (Lipinski definition) is 1. The van der Waals surface area contributed by atoms with Gasteiger partial charge >= 0.3 is 5.69 Å². The predicted molar refractivity (Wildman–Crippen MR) is 119 cm³/mol. The molecule has 4 rings (SSSR count). The summed E-state index contributed by atoms with van der Waals surface area (Å²) in [5.41, 5.74) is 1.53. The molecule has 1 aliphatic heterocycles. The molecule has 10 heteroatoms. The Balaban J connectivity index is 1.55. The number of benzene rings is 2. The molecule has 0 unspecified atom stereocenters. The summed E-state index contributed by atoms with van der Waals surface area (Å²) in [5.74, 6) is 0.446. The predicted octanol–water partition coefficient (Wildman–Crippen LogP) is 4.76. The number of rotatable bonds is 5. The van der Waals surface area contributed by atoms with Crippen molar-refractivity contribution >= 4 is 51.9 Å². The highest BCUT2D eigenvalue weighted by molar-refractivity contribution is 6.31. The smallest absolute Gasteiger partial charge is 0.353 e. The summed E-state index contributed by atoms with van der Waals surface area (Å²) in [6.07, 6.45) is 1.34. The highest BCUT2D eigenvalue weighted by Gasteiger charge is 2.29. The number of nitrogens with zero attached hydrogens (tertiary/aromatic N) is 5. The van der Waals surface area contributed by atoms with E-state index in [4.69, 9.17) is 23.2 Å². The van der Waals surface area contributed by atoms with Crippen molar-refractivity contribution in [2.45, 2.75) is 0 Å². The minimum absolute atomic E-state index is 0.143. The van der Waals surface area contributed by atoms with E-state index >= 15 is 0 Å². The normalized spacial score (nSPS) is 13.9. The molecule has 1 aromatic heterocycles. The quantitative estimate of drug-likeness (QED) is 0.448. The number of piperazine rings is 1. The fourth-order valence-electron chi connectivity index (χ4n) is 3.38. The Bertz CT molecular complexity index is 1060. The number of hydrogen-bond acceptors (Lipinski definition) is 7. The minimum atomic E-state index is -0.447. The lowest BCUT2D eigenvalue weighted by Gasteiger charge is -2.36. The van der Waals surface area contributed by atoms with Crippen LogP contribution in [0.2, 0.25) is 10.0 Å². The molecule has 8 nitrogen and oxygen atoms in total. The summed E-state index contributed by atoms with van der Waals surface area (Å²) >= 11 is 12.0. The molecule has 0 spiro atoms. The Hall–Kier alpha value is -3.10. The molecule has 154 valence electrons. The van der Waals surface area contributed by atoms with Crippen LogP contribution in [-0.4, -0.2) is 41.1 Å². The van der Waals surface area contributed by atoms with Crippen molar-refractivity contribution in [1.82, 2.24) is 9.97 Å². The summed E-state index contributed by atoms with van der Waals surface area (Å²) in [7, 11) is 0. The molecule has 1 aliphatic rings. The lowest BCUT2D eigenvalue weighted by Crippen LogP contribution is -2.47. The van der Waals surface area contributed by atoms with E-state index in [1.165, 1.54) is 6.33 Å². The van der Waals surface area contributed by atoms with E-state index < -0.39 is 4.92 Å². The average molecular weight is 445 g/mol. The molecule has 30 heavy (non-hydrogen) atoms. The van der Waals surface area contributed by atoms with E-state index in [-0.39, 0.29) is 11.5 Å². The maximum Gasteiger partial charge on any atom is 0.353 e. The molecule has 2 heterocycles. The highest BCUT2D eigenvalue weighted by Crippen LogP contribution is 2.34. The van der Waals surface area contributed by atoms with E-state index in [9.17, 15) is 10.1 Å².